The molecule has 70 valence electrons. The predicted molar refractivity (Wildman–Crippen MR) is 51.1 cm³/mol. The first-order chi connectivity index (χ1) is 5.61. The van der Waals surface area contributed by atoms with E-state index in [9.17, 15) is 0 Å². The lowest BCUT2D eigenvalue weighted by Gasteiger charge is -2.34. The Morgan fingerprint density at radius 1 is 1.50 bits per heavy atom. The Morgan fingerprint density at radius 3 is 2.67 bits per heavy atom. The van der Waals surface area contributed by atoms with Crippen molar-refractivity contribution >= 4 is 5.96 Å². The number of hydrogen-bond donors (Lipinski definition) is 2. The Hall–Kier alpha value is -0.730. The van der Waals surface area contributed by atoms with Gasteiger partial charge in [0.15, 0.2) is 5.96 Å². The summed E-state index contributed by atoms with van der Waals surface area (Å²) in [6.45, 7) is 2.28. The Bertz CT molecular complexity index is 167. The molecule has 0 aromatic heterocycles. The molecule has 0 aromatic rings. The fourth-order valence-corrected chi connectivity index (χ4v) is 1.95. The summed E-state index contributed by atoms with van der Waals surface area (Å²) in [4.78, 5) is 1.90. The molecule has 2 unspecified atom stereocenters. The van der Waals surface area contributed by atoms with Crippen molar-refractivity contribution in [2.24, 2.45) is 11.7 Å². The van der Waals surface area contributed by atoms with Crippen molar-refractivity contribution < 1.29 is 0 Å². The molecule has 3 N–H and O–H groups in total. The third kappa shape index (κ3) is 2.13. The molecular weight excluding hydrogens is 150 g/mol. The summed E-state index contributed by atoms with van der Waals surface area (Å²) >= 11 is 0. The SMILES string of the molecule is CC1CCCC(N(C)C(=N)N)C1. The zero-order chi connectivity index (χ0) is 9.14. The largest absolute Gasteiger partial charge is 0.370 e. The summed E-state index contributed by atoms with van der Waals surface area (Å²) in [6.07, 6.45) is 5.00. The third-order valence-corrected chi connectivity index (χ3v) is 2.84. The molecule has 0 amide bonds. The van der Waals surface area contributed by atoms with E-state index >= 15 is 0 Å². The normalized spacial score (nSPS) is 29.8. The highest BCUT2D eigenvalue weighted by Gasteiger charge is 2.22. The van der Waals surface area contributed by atoms with Gasteiger partial charge in [0.25, 0.3) is 0 Å². The van der Waals surface area contributed by atoms with E-state index in [0.29, 0.717) is 6.04 Å². The van der Waals surface area contributed by atoms with Crippen LogP contribution in [-0.4, -0.2) is 23.9 Å². The zero-order valence-corrected chi connectivity index (χ0v) is 8.01. The smallest absolute Gasteiger partial charge is 0.188 e. The van der Waals surface area contributed by atoms with E-state index in [1.807, 2.05) is 11.9 Å². The van der Waals surface area contributed by atoms with E-state index in [-0.39, 0.29) is 5.96 Å². The fourth-order valence-electron chi connectivity index (χ4n) is 1.95. The van der Waals surface area contributed by atoms with Crippen LogP contribution in [0.15, 0.2) is 0 Å². The van der Waals surface area contributed by atoms with Crippen molar-refractivity contribution in [3.8, 4) is 0 Å². The zero-order valence-electron chi connectivity index (χ0n) is 8.01. The highest BCUT2D eigenvalue weighted by Crippen LogP contribution is 2.26. The molecule has 1 aliphatic rings. The number of nitrogens with two attached hydrogens (primary N) is 1. The summed E-state index contributed by atoms with van der Waals surface area (Å²) in [5.41, 5.74) is 5.42. The molecule has 0 bridgehead atoms. The minimum absolute atomic E-state index is 0.203. The Kier molecular flexibility index (Phi) is 2.95. The van der Waals surface area contributed by atoms with Gasteiger partial charge < -0.3 is 10.6 Å². The first-order valence-electron chi connectivity index (χ1n) is 4.68. The maximum atomic E-state index is 7.31. The van der Waals surface area contributed by atoms with Crippen LogP contribution in [-0.2, 0) is 0 Å². The summed E-state index contributed by atoms with van der Waals surface area (Å²) in [5, 5.41) is 7.31. The summed E-state index contributed by atoms with van der Waals surface area (Å²) in [6, 6.07) is 0.506. The monoisotopic (exact) mass is 169 g/mol. The lowest BCUT2D eigenvalue weighted by Crippen LogP contribution is -2.43. The minimum Gasteiger partial charge on any atom is -0.370 e. The molecule has 0 aliphatic heterocycles. The second kappa shape index (κ2) is 3.78. The van der Waals surface area contributed by atoms with Crippen molar-refractivity contribution in [3.05, 3.63) is 0 Å². The molecule has 0 aromatic carbocycles. The standard InChI is InChI=1S/C9H19N3/c1-7-4-3-5-8(6-7)12(2)9(10)11/h7-8H,3-6H2,1-2H3,(H3,10,11). The van der Waals surface area contributed by atoms with Gasteiger partial charge in [-0.1, -0.05) is 19.8 Å². The fraction of sp³-hybridized carbons (Fsp3) is 0.889. The van der Waals surface area contributed by atoms with Gasteiger partial charge in [0.05, 0.1) is 0 Å². The first-order valence-corrected chi connectivity index (χ1v) is 4.68. The van der Waals surface area contributed by atoms with Gasteiger partial charge in [0, 0.05) is 13.1 Å². The lowest BCUT2D eigenvalue weighted by molar-refractivity contribution is 0.229. The highest BCUT2D eigenvalue weighted by atomic mass is 15.2. The molecule has 0 radical (unpaired) electrons. The van der Waals surface area contributed by atoms with Crippen molar-refractivity contribution in [1.29, 1.82) is 5.41 Å². The van der Waals surface area contributed by atoms with Crippen LogP contribution in [0.3, 0.4) is 0 Å². The van der Waals surface area contributed by atoms with Gasteiger partial charge in [-0.05, 0) is 18.8 Å². The molecule has 0 heterocycles. The Morgan fingerprint density at radius 2 is 2.17 bits per heavy atom. The van der Waals surface area contributed by atoms with Crippen molar-refractivity contribution in [1.82, 2.24) is 4.90 Å². The van der Waals surface area contributed by atoms with Gasteiger partial charge >= 0.3 is 0 Å². The maximum Gasteiger partial charge on any atom is 0.188 e. The molecule has 1 fully saturated rings. The maximum absolute atomic E-state index is 7.31. The minimum atomic E-state index is 0.203. The topological polar surface area (TPSA) is 53.1 Å². The predicted octanol–water partition coefficient (Wildman–Crippen LogP) is 1.39. The Balaban J connectivity index is 2.45. The molecule has 1 aliphatic carbocycles. The molecule has 0 spiro atoms. The van der Waals surface area contributed by atoms with Crippen LogP contribution in [0.4, 0.5) is 0 Å². The van der Waals surface area contributed by atoms with Gasteiger partial charge in [0.2, 0.25) is 0 Å². The molecule has 0 saturated heterocycles. The van der Waals surface area contributed by atoms with E-state index in [1.165, 1.54) is 25.7 Å². The average molecular weight is 169 g/mol. The van der Waals surface area contributed by atoms with Crippen molar-refractivity contribution in [2.45, 2.75) is 38.6 Å². The van der Waals surface area contributed by atoms with Gasteiger partial charge in [-0.25, -0.2) is 0 Å². The van der Waals surface area contributed by atoms with Gasteiger partial charge in [0.1, 0.15) is 0 Å². The van der Waals surface area contributed by atoms with Crippen LogP contribution in [0.2, 0.25) is 0 Å². The number of nitrogens with one attached hydrogen (secondary N) is 1. The van der Waals surface area contributed by atoms with E-state index in [2.05, 4.69) is 6.92 Å². The summed E-state index contributed by atoms with van der Waals surface area (Å²) in [5.74, 6) is 1.000. The second-order valence-corrected chi connectivity index (χ2v) is 3.92. The van der Waals surface area contributed by atoms with Gasteiger partial charge in [-0.2, -0.15) is 0 Å². The number of nitrogens with zero attached hydrogens (tertiary/aromatic N) is 1. The Labute approximate surface area is 74.4 Å². The first kappa shape index (κ1) is 9.36. The molecule has 1 rings (SSSR count). The van der Waals surface area contributed by atoms with Gasteiger partial charge in [-0.15, -0.1) is 0 Å². The summed E-state index contributed by atoms with van der Waals surface area (Å²) in [7, 11) is 1.92. The van der Waals surface area contributed by atoms with Crippen LogP contribution in [0.25, 0.3) is 0 Å². The van der Waals surface area contributed by atoms with Crippen molar-refractivity contribution in [2.75, 3.05) is 7.05 Å². The number of guanidine groups is 1. The average Bonchev–Trinajstić information content (AvgIpc) is 2.03. The van der Waals surface area contributed by atoms with Crippen LogP contribution in [0.1, 0.15) is 32.6 Å². The molecular formula is C9H19N3. The van der Waals surface area contributed by atoms with E-state index in [4.69, 9.17) is 11.1 Å². The van der Waals surface area contributed by atoms with E-state index < -0.39 is 0 Å². The molecule has 1 saturated carbocycles. The molecule has 12 heavy (non-hydrogen) atoms. The summed E-state index contributed by atoms with van der Waals surface area (Å²) < 4.78 is 0. The third-order valence-electron chi connectivity index (χ3n) is 2.84. The van der Waals surface area contributed by atoms with Crippen LogP contribution >= 0.6 is 0 Å². The van der Waals surface area contributed by atoms with Gasteiger partial charge in [-0.3, -0.25) is 5.41 Å². The highest BCUT2D eigenvalue weighted by molar-refractivity contribution is 5.74. The number of rotatable bonds is 1. The lowest BCUT2D eigenvalue weighted by atomic mass is 9.86. The molecule has 3 nitrogen and oxygen atoms in total. The number of hydrogen-bond acceptors (Lipinski definition) is 1. The van der Waals surface area contributed by atoms with Crippen LogP contribution < -0.4 is 5.73 Å². The van der Waals surface area contributed by atoms with E-state index in [0.717, 1.165) is 5.92 Å². The molecule has 3 heteroatoms. The molecule has 2 atom stereocenters. The van der Waals surface area contributed by atoms with Crippen LogP contribution in [0, 0.1) is 11.3 Å². The quantitative estimate of drug-likeness (QED) is 0.460. The second-order valence-electron chi connectivity index (χ2n) is 3.92. The van der Waals surface area contributed by atoms with Crippen LogP contribution in [0.5, 0.6) is 0 Å². The van der Waals surface area contributed by atoms with Crippen molar-refractivity contribution in [3.63, 3.8) is 0 Å². The van der Waals surface area contributed by atoms with E-state index in [1.54, 1.807) is 0 Å².